The average molecular weight is 355 g/mol. The van der Waals surface area contributed by atoms with E-state index in [4.69, 9.17) is 5.73 Å². The number of hydrogen-bond acceptors (Lipinski definition) is 2. The summed E-state index contributed by atoms with van der Waals surface area (Å²) in [5, 5.41) is 3.37. The molecule has 0 saturated carbocycles. The molecular formula is C14H18IN3. The molecule has 4 heteroatoms. The molecule has 0 atom stereocenters. The molecule has 0 aliphatic heterocycles. The topological polar surface area (TPSA) is 41.9 Å². The van der Waals surface area contributed by atoms with E-state index in [0.717, 1.165) is 17.9 Å². The highest BCUT2D eigenvalue weighted by molar-refractivity contribution is 5.54. The molecular weight excluding hydrogens is 337 g/mol. The number of benzene rings is 1. The summed E-state index contributed by atoms with van der Waals surface area (Å²) in [5.41, 5.74) is 7.89. The first-order valence-corrected chi connectivity index (χ1v) is 5.80. The van der Waals surface area contributed by atoms with Crippen molar-refractivity contribution in [2.45, 2.75) is 6.42 Å². The molecule has 1 heterocycles. The first-order valence-electron chi connectivity index (χ1n) is 5.80. The molecule has 0 saturated heterocycles. The fourth-order valence-electron chi connectivity index (χ4n) is 1.72. The van der Waals surface area contributed by atoms with Crippen molar-refractivity contribution in [3.8, 4) is 0 Å². The van der Waals surface area contributed by atoms with Crippen molar-refractivity contribution in [3.05, 3.63) is 54.2 Å². The van der Waals surface area contributed by atoms with Gasteiger partial charge in [0.05, 0.1) is 13.2 Å². The number of rotatable bonds is 4. The minimum atomic E-state index is 0. The van der Waals surface area contributed by atoms with Crippen molar-refractivity contribution in [1.82, 2.24) is 0 Å². The highest BCUT2D eigenvalue weighted by Gasteiger charge is 2.04. The van der Waals surface area contributed by atoms with Crippen LogP contribution in [0.1, 0.15) is 5.56 Å². The minimum absolute atomic E-state index is 0. The van der Waals surface area contributed by atoms with E-state index in [1.807, 2.05) is 36.0 Å². The molecule has 3 nitrogen and oxygen atoms in total. The fourth-order valence-corrected chi connectivity index (χ4v) is 1.72. The Hall–Kier alpha value is -1.14. The maximum Gasteiger partial charge on any atom is 0.279 e. The van der Waals surface area contributed by atoms with Crippen LogP contribution < -0.4 is 39.6 Å². The highest BCUT2D eigenvalue weighted by atomic mass is 127. The molecule has 2 aromatic rings. The quantitative estimate of drug-likeness (QED) is 0.532. The Labute approximate surface area is 125 Å². The Morgan fingerprint density at radius 3 is 2.44 bits per heavy atom. The predicted molar refractivity (Wildman–Crippen MR) is 70.1 cm³/mol. The standard InChI is InChI=1S/C14H17N3.HI/c1-17-11-3-2-4-14(17)16-13-7-5-12(6-8-13)9-10-15;/h2-8,11H,9-10,15H2,1H3;1H. The highest BCUT2D eigenvalue weighted by Crippen LogP contribution is 2.13. The maximum atomic E-state index is 5.52. The Morgan fingerprint density at radius 2 is 1.83 bits per heavy atom. The third-order valence-corrected chi connectivity index (χ3v) is 2.71. The molecule has 18 heavy (non-hydrogen) atoms. The molecule has 0 amide bonds. The summed E-state index contributed by atoms with van der Waals surface area (Å²) >= 11 is 0. The first-order chi connectivity index (χ1) is 8.29. The number of anilines is 2. The smallest absolute Gasteiger partial charge is 0.279 e. The Bertz CT molecular complexity index is 483. The predicted octanol–water partition coefficient (Wildman–Crippen LogP) is -1.24. The summed E-state index contributed by atoms with van der Waals surface area (Å²) in [5.74, 6) is 1.07. The minimum Gasteiger partial charge on any atom is -1.00 e. The summed E-state index contributed by atoms with van der Waals surface area (Å²) in [4.78, 5) is 0. The number of nitrogens with two attached hydrogens (primary N) is 1. The van der Waals surface area contributed by atoms with Gasteiger partial charge in [0, 0.05) is 6.07 Å². The number of aromatic nitrogens is 1. The zero-order valence-corrected chi connectivity index (χ0v) is 12.6. The van der Waals surface area contributed by atoms with E-state index in [-0.39, 0.29) is 24.0 Å². The lowest BCUT2D eigenvalue weighted by Gasteiger charge is -2.03. The number of nitrogens with one attached hydrogen (secondary N) is 1. The summed E-state index contributed by atoms with van der Waals surface area (Å²) in [6, 6.07) is 14.5. The van der Waals surface area contributed by atoms with Crippen LogP contribution in [0.2, 0.25) is 0 Å². The lowest BCUT2D eigenvalue weighted by Crippen LogP contribution is -3.00. The van der Waals surface area contributed by atoms with Crippen molar-refractivity contribution >= 4 is 11.5 Å². The van der Waals surface area contributed by atoms with Crippen LogP contribution in [0.15, 0.2) is 48.7 Å². The van der Waals surface area contributed by atoms with Crippen molar-refractivity contribution in [1.29, 1.82) is 0 Å². The van der Waals surface area contributed by atoms with E-state index < -0.39 is 0 Å². The van der Waals surface area contributed by atoms with Crippen molar-refractivity contribution in [2.24, 2.45) is 12.8 Å². The van der Waals surface area contributed by atoms with Crippen LogP contribution in [0.4, 0.5) is 11.5 Å². The van der Waals surface area contributed by atoms with Gasteiger partial charge in [-0.1, -0.05) is 18.2 Å². The molecule has 0 fully saturated rings. The molecule has 0 aliphatic carbocycles. The summed E-state index contributed by atoms with van der Waals surface area (Å²) in [6.45, 7) is 0.695. The number of halogens is 1. The zero-order chi connectivity index (χ0) is 12.1. The van der Waals surface area contributed by atoms with Gasteiger partial charge in [-0.15, -0.1) is 0 Å². The van der Waals surface area contributed by atoms with Gasteiger partial charge in [-0.05, 0) is 36.7 Å². The number of aryl methyl sites for hydroxylation is 1. The molecule has 1 aromatic carbocycles. The Kier molecular flexibility index (Phi) is 6.07. The van der Waals surface area contributed by atoms with Crippen LogP contribution in [0.3, 0.4) is 0 Å². The number of hydrogen-bond donors (Lipinski definition) is 2. The van der Waals surface area contributed by atoms with Crippen molar-refractivity contribution in [2.75, 3.05) is 11.9 Å². The van der Waals surface area contributed by atoms with Gasteiger partial charge in [-0.25, -0.2) is 9.88 Å². The summed E-state index contributed by atoms with van der Waals surface area (Å²) in [6.07, 6.45) is 2.95. The van der Waals surface area contributed by atoms with Crippen molar-refractivity contribution < 1.29 is 28.5 Å². The van der Waals surface area contributed by atoms with Gasteiger partial charge in [-0.2, -0.15) is 0 Å². The largest absolute Gasteiger partial charge is 1.00 e. The lowest BCUT2D eigenvalue weighted by atomic mass is 10.1. The van der Waals surface area contributed by atoms with E-state index in [1.54, 1.807) is 0 Å². The second-order valence-corrected chi connectivity index (χ2v) is 4.06. The molecule has 0 aliphatic rings. The molecule has 1 aromatic heterocycles. The molecule has 0 spiro atoms. The Balaban J connectivity index is 0.00000162. The Morgan fingerprint density at radius 1 is 1.11 bits per heavy atom. The van der Waals surface area contributed by atoms with Crippen LogP contribution in [-0.4, -0.2) is 6.54 Å². The molecule has 3 N–H and O–H groups in total. The second-order valence-electron chi connectivity index (χ2n) is 4.06. The van der Waals surface area contributed by atoms with Crippen LogP contribution in [0.5, 0.6) is 0 Å². The third kappa shape index (κ3) is 3.96. The van der Waals surface area contributed by atoms with E-state index >= 15 is 0 Å². The number of nitrogens with zero attached hydrogens (tertiary/aromatic N) is 1. The molecule has 0 radical (unpaired) electrons. The molecule has 0 bridgehead atoms. The van der Waals surface area contributed by atoms with Gasteiger partial charge in [0.15, 0.2) is 0 Å². The van der Waals surface area contributed by atoms with Gasteiger partial charge >= 0.3 is 0 Å². The van der Waals surface area contributed by atoms with Crippen molar-refractivity contribution in [3.63, 3.8) is 0 Å². The van der Waals surface area contributed by atoms with Gasteiger partial charge < -0.3 is 29.7 Å². The van der Waals surface area contributed by atoms with E-state index in [2.05, 4.69) is 29.6 Å². The fraction of sp³-hybridized carbons (Fsp3) is 0.214. The van der Waals surface area contributed by atoms with Gasteiger partial charge in [0.2, 0.25) is 0 Å². The van der Waals surface area contributed by atoms with Gasteiger partial charge in [-0.3, -0.25) is 0 Å². The maximum absolute atomic E-state index is 5.52. The normalized spacial score (nSPS) is 9.67. The molecule has 0 unspecified atom stereocenters. The van der Waals surface area contributed by atoms with E-state index in [9.17, 15) is 0 Å². The summed E-state index contributed by atoms with van der Waals surface area (Å²) < 4.78 is 2.05. The first kappa shape index (κ1) is 14.9. The lowest BCUT2D eigenvalue weighted by molar-refractivity contribution is -0.657. The molecule has 2 rings (SSSR count). The van der Waals surface area contributed by atoms with Gasteiger partial charge in [0.25, 0.3) is 5.82 Å². The average Bonchev–Trinajstić information content (AvgIpc) is 2.35. The molecule has 96 valence electrons. The van der Waals surface area contributed by atoms with E-state index in [1.165, 1.54) is 5.56 Å². The number of pyridine rings is 1. The zero-order valence-electron chi connectivity index (χ0n) is 10.4. The third-order valence-electron chi connectivity index (χ3n) is 2.71. The summed E-state index contributed by atoms with van der Waals surface area (Å²) in [7, 11) is 2.02. The van der Waals surface area contributed by atoms with Crippen LogP contribution in [-0.2, 0) is 13.5 Å². The van der Waals surface area contributed by atoms with Gasteiger partial charge in [0.1, 0.15) is 5.69 Å². The van der Waals surface area contributed by atoms with E-state index in [0.29, 0.717) is 6.54 Å². The van der Waals surface area contributed by atoms with Crippen LogP contribution in [0.25, 0.3) is 0 Å². The van der Waals surface area contributed by atoms with Crippen LogP contribution >= 0.6 is 0 Å². The SMILES string of the molecule is C[n+]1ccccc1Nc1ccc(CCN)cc1.[I-]. The second kappa shape index (κ2) is 7.33. The van der Waals surface area contributed by atoms with Crippen LogP contribution in [0, 0.1) is 0 Å². The monoisotopic (exact) mass is 355 g/mol.